The lowest BCUT2D eigenvalue weighted by molar-refractivity contribution is -0.137. The third kappa shape index (κ3) is 3.83. The van der Waals surface area contributed by atoms with E-state index in [0.717, 1.165) is 23.3 Å². The van der Waals surface area contributed by atoms with Gasteiger partial charge in [-0.2, -0.15) is 13.2 Å². The topological polar surface area (TPSA) is 66.6 Å². The van der Waals surface area contributed by atoms with Gasteiger partial charge in [-0.05, 0) is 47.7 Å². The van der Waals surface area contributed by atoms with Crippen LogP contribution in [0.4, 0.5) is 23.7 Å². The molecular weight excluding hydrogens is 345 g/mol. The minimum absolute atomic E-state index is 0.0556. The van der Waals surface area contributed by atoms with Gasteiger partial charge in [-0.25, -0.2) is 4.79 Å². The average molecular weight is 364 g/mol. The van der Waals surface area contributed by atoms with Crippen LogP contribution in [0.5, 0.6) is 0 Å². The Hall–Kier alpha value is -2.54. The molecule has 3 rings (SSSR count). The Labute approximate surface area is 149 Å². The Morgan fingerprint density at radius 3 is 2.50 bits per heavy atom. The molecule has 1 aliphatic carbocycles. The van der Waals surface area contributed by atoms with Crippen molar-refractivity contribution in [1.29, 1.82) is 0 Å². The summed E-state index contributed by atoms with van der Waals surface area (Å²) in [6, 6.07) is 9.45. The van der Waals surface area contributed by atoms with Crippen LogP contribution in [-0.4, -0.2) is 17.2 Å². The molecule has 1 atom stereocenters. The number of fused-ring (bicyclic) bond motifs is 1. The van der Waals surface area contributed by atoms with Crippen molar-refractivity contribution >= 4 is 11.7 Å². The number of anilines is 1. The maximum atomic E-state index is 12.7. The Balaban J connectivity index is 1.91. The molecule has 0 spiro atoms. The smallest absolute Gasteiger partial charge is 0.393 e. The fourth-order valence-corrected chi connectivity index (χ4v) is 3.27. The number of urea groups is 1. The number of primary amides is 1. The quantitative estimate of drug-likeness (QED) is 0.873. The third-order valence-electron chi connectivity index (χ3n) is 4.61. The summed E-state index contributed by atoms with van der Waals surface area (Å²) in [6.07, 6.45) is -3.11. The van der Waals surface area contributed by atoms with Gasteiger partial charge in [0.25, 0.3) is 0 Å². The SMILES string of the molecule is NC(=O)N(Cc1ccc(C(F)(F)F)cc1)c1cccc2c1C[C@H](O)CC2. The molecule has 0 saturated heterocycles. The average Bonchev–Trinajstić information content (AvgIpc) is 2.58. The van der Waals surface area contributed by atoms with Gasteiger partial charge in [0.15, 0.2) is 0 Å². The zero-order chi connectivity index (χ0) is 18.9. The highest BCUT2D eigenvalue weighted by atomic mass is 19.4. The number of halogens is 3. The zero-order valence-corrected chi connectivity index (χ0v) is 14.0. The molecule has 0 bridgehead atoms. The molecule has 26 heavy (non-hydrogen) atoms. The molecule has 4 nitrogen and oxygen atoms in total. The van der Waals surface area contributed by atoms with E-state index < -0.39 is 23.9 Å². The monoisotopic (exact) mass is 364 g/mol. The van der Waals surface area contributed by atoms with Gasteiger partial charge >= 0.3 is 12.2 Å². The minimum Gasteiger partial charge on any atom is -0.393 e. The molecule has 0 aromatic heterocycles. The van der Waals surface area contributed by atoms with E-state index in [4.69, 9.17) is 5.73 Å². The van der Waals surface area contributed by atoms with Crippen molar-refractivity contribution in [2.45, 2.75) is 38.1 Å². The van der Waals surface area contributed by atoms with Gasteiger partial charge in [0, 0.05) is 12.1 Å². The van der Waals surface area contributed by atoms with Crippen LogP contribution in [0.3, 0.4) is 0 Å². The number of nitrogens with two attached hydrogens (primary N) is 1. The standard InChI is InChI=1S/C19H19F3N2O2/c20-19(21,22)14-7-4-12(5-8-14)11-24(18(23)26)17-3-1-2-13-6-9-15(25)10-16(13)17/h1-5,7-8,15,25H,6,9-11H2,(H2,23,26)/t15-/m1/s1. The molecule has 7 heteroatoms. The molecule has 138 valence electrons. The molecule has 2 aromatic carbocycles. The fraction of sp³-hybridized carbons (Fsp3) is 0.316. The van der Waals surface area contributed by atoms with E-state index in [2.05, 4.69) is 0 Å². The van der Waals surface area contributed by atoms with Crippen LogP contribution in [0.25, 0.3) is 0 Å². The Morgan fingerprint density at radius 1 is 1.19 bits per heavy atom. The van der Waals surface area contributed by atoms with Crippen LogP contribution in [0.15, 0.2) is 42.5 Å². The first-order valence-electron chi connectivity index (χ1n) is 8.27. The summed E-state index contributed by atoms with van der Waals surface area (Å²) in [4.78, 5) is 13.3. The number of hydrogen-bond acceptors (Lipinski definition) is 2. The van der Waals surface area contributed by atoms with Crippen LogP contribution < -0.4 is 10.6 Å². The number of aryl methyl sites for hydroxylation is 1. The number of carbonyl (C=O) groups excluding carboxylic acids is 1. The maximum absolute atomic E-state index is 12.7. The lowest BCUT2D eigenvalue weighted by Crippen LogP contribution is -2.36. The van der Waals surface area contributed by atoms with Crippen molar-refractivity contribution in [1.82, 2.24) is 0 Å². The van der Waals surface area contributed by atoms with Gasteiger partial charge in [0.2, 0.25) is 0 Å². The van der Waals surface area contributed by atoms with Crippen LogP contribution in [0.1, 0.15) is 28.7 Å². The Kier molecular flexibility index (Phi) is 4.91. The summed E-state index contributed by atoms with van der Waals surface area (Å²) in [5, 5.41) is 9.96. The van der Waals surface area contributed by atoms with Crippen LogP contribution in [-0.2, 0) is 25.6 Å². The largest absolute Gasteiger partial charge is 0.416 e. The number of rotatable bonds is 3. The van der Waals surface area contributed by atoms with Crippen LogP contribution in [0.2, 0.25) is 0 Å². The first-order valence-corrected chi connectivity index (χ1v) is 8.27. The third-order valence-corrected chi connectivity index (χ3v) is 4.61. The summed E-state index contributed by atoms with van der Waals surface area (Å²) in [5.41, 5.74) is 7.81. The molecule has 1 aliphatic rings. The molecule has 0 unspecified atom stereocenters. The zero-order valence-electron chi connectivity index (χ0n) is 14.0. The van der Waals surface area contributed by atoms with Gasteiger partial charge in [-0.1, -0.05) is 24.3 Å². The molecule has 2 amide bonds. The van der Waals surface area contributed by atoms with E-state index in [9.17, 15) is 23.1 Å². The van der Waals surface area contributed by atoms with Gasteiger partial charge in [-0.15, -0.1) is 0 Å². The summed E-state index contributed by atoms with van der Waals surface area (Å²) < 4.78 is 38.1. The van der Waals surface area contributed by atoms with Gasteiger partial charge < -0.3 is 10.8 Å². The predicted molar refractivity (Wildman–Crippen MR) is 91.7 cm³/mol. The van der Waals surface area contributed by atoms with Crippen molar-refractivity contribution in [3.05, 3.63) is 64.7 Å². The van der Waals surface area contributed by atoms with Crippen LogP contribution in [0, 0.1) is 0 Å². The van der Waals surface area contributed by atoms with E-state index in [1.165, 1.54) is 17.0 Å². The normalized spacial score (nSPS) is 16.8. The number of benzene rings is 2. The lowest BCUT2D eigenvalue weighted by atomic mass is 9.88. The van der Waals surface area contributed by atoms with E-state index in [1.54, 1.807) is 6.07 Å². The number of hydrogen-bond donors (Lipinski definition) is 2. The number of aliphatic hydroxyl groups excluding tert-OH is 1. The van der Waals surface area contributed by atoms with Gasteiger partial charge in [0.1, 0.15) is 0 Å². The first kappa shape index (κ1) is 18.3. The van der Waals surface area contributed by atoms with E-state index in [1.807, 2.05) is 12.1 Å². The second-order valence-electron chi connectivity index (χ2n) is 6.43. The van der Waals surface area contributed by atoms with Crippen molar-refractivity contribution in [3.63, 3.8) is 0 Å². The lowest BCUT2D eigenvalue weighted by Gasteiger charge is -2.29. The van der Waals surface area contributed by atoms with Crippen molar-refractivity contribution in [2.24, 2.45) is 5.73 Å². The molecule has 0 radical (unpaired) electrons. The number of aliphatic hydroxyl groups is 1. The number of nitrogens with zero attached hydrogens (tertiary/aromatic N) is 1. The molecule has 0 heterocycles. The number of carbonyl (C=O) groups is 1. The van der Waals surface area contributed by atoms with Gasteiger partial charge in [0.05, 0.1) is 18.2 Å². The van der Waals surface area contributed by atoms with Crippen molar-refractivity contribution < 1.29 is 23.1 Å². The molecule has 0 saturated carbocycles. The molecular formula is C19H19F3N2O2. The van der Waals surface area contributed by atoms with E-state index in [-0.39, 0.29) is 6.54 Å². The van der Waals surface area contributed by atoms with Crippen molar-refractivity contribution in [2.75, 3.05) is 4.90 Å². The highest BCUT2D eigenvalue weighted by Gasteiger charge is 2.30. The summed E-state index contributed by atoms with van der Waals surface area (Å²) in [7, 11) is 0. The second-order valence-corrected chi connectivity index (χ2v) is 6.43. The molecule has 0 fully saturated rings. The molecule has 0 aliphatic heterocycles. The summed E-state index contributed by atoms with van der Waals surface area (Å²) in [5.74, 6) is 0. The molecule has 3 N–H and O–H groups in total. The minimum atomic E-state index is -4.41. The Morgan fingerprint density at radius 2 is 1.88 bits per heavy atom. The van der Waals surface area contributed by atoms with Crippen LogP contribution >= 0.6 is 0 Å². The first-order chi connectivity index (χ1) is 12.3. The summed E-state index contributed by atoms with van der Waals surface area (Å²) >= 11 is 0. The second kappa shape index (κ2) is 6.99. The predicted octanol–water partition coefficient (Wildman–Crippen LogP) is 3.64. The molecule has 2 aromatic rings. The van der Waals surface area contributed by atoms with E-state index >= 15 is 0 Å². The maximum Gasteiger partial charge on any atom is 0.416 e. The Bertz CT molecular complexity index is 803. The number of amides is 2. The van der Waals surface area contributed by atoms with E-state index in [0.29, 0.717) is 30.5 Å². The number of alkyl halides is 3. The highest BCUT2D eigenvalue weighted by molar-refractivity contribution is 5.91. The van der Waals surface area contributed by atoms with Gasteiger partial charge in [-0.3, -0.25) is 4.90 Å². The highest BCUT2D eigenvalue weighted by Crippen LogP contribution is 2.32. The van der Waals surface area contributed by atoms with Crippen molar-refractivity contribution in [3.8, 4) is 0 Å². The summed E-state index contributed by atoms with van der Waals surface area (Å²) in [6.45, 7) is 0.0556. The fourth-order valence-electron chi connectivity index (χ4n) is 3.27.